The van der Waals surface area contributed by atoms with Gasteiger partial charge in [0.25, 0.3) is 15.9 Å². The van der Waals surface area contributed by atoms with Gasteiger partial charge in [-0.1, -0.05) is 43.2 Å². The molecule has 20 heteroatoms. The number of piperazine rings is 1. The summed E-state index contributed by atoms with van der Waals surface area (Å²) in [6, 6.07) is 20.0. The molecule has 1 amide bonds. The first-order chi connectivity index (χ1) is 34.8. The van der Waals surface area contributed by atoms with Gasteiger partial charge in [0, 0.05) is 67.1 Å². The number of nitrogens with zero attached hydrogens (tertiary/aromatic N) is 4. The van der Waals surface area contributed by atoms with Crippen LogP contribution in [0.5, 0.6) is 17.2 Å². The Labute approximate surface area is 439 Å². The van der Waals surface area contributed by atoms with Gasteiger partial charge < -0.3 is 19.4 Å². The summed E-state index contributed by atoms with van der Waals surface area (Å²) in [5.74, 6) is -0.729. The number of pyridine rings is 1. The van der Waals surface area contributed by atoms with Crippen molar-refractivity contribution in [1.29, 1.82) is 0 Å². The highest BCUT2D eigenvalue weighted by Gasteiger charge is 2.40. The summed E-state index contributed by atoms with van der Waals surface area (Å²) in [6.07, 6.45) is 8.26. The highest BCUT2D eigenvalue weighted by atomic mass is 35.5. The smallest absolute Gasteiger partial charge is 0.476 e. The molecule has 0 atom stereocenters. The van der Waals surface area contributed by atoms with Crippen molar-refractivity contribution >= 4 is 63.3 Å². The Morgan fingerprint density at radius 2 is 1.61 bits per heavy atom. The van der Waals surface area contributed by atoms with Gasteiger partial charge in [0.1, 0.15) is 17.1 Å². The molecule has 0 bridgehead atoms. The normalized spacial score (nSPS) is 19.1. The number of benzene rings is 3. The molecular weight excluding hydrogens is 1010 g/mol. The van der Waals surface area contributed by atoms with Gasteiger partial charge in [-0.25, -0.2) is 22.7 Å². The number of aromatic nitrogens is 2. The van der Waals surface area contributed by atoms with E-state index in [0.29, 0.717) is 50.2 Å². The van der Waals surface area contributed by atoms with Gasteiger partial charge >= 0.3 is 13.5 Å². The lowest BCUT2D eigenvalue weighted by Gasteiger charge is -2.39. The molecule has 3 aliphatic rings. The van der Waals surface area contributed by atoms with E-state index >= 15 is 0 Å². The summed E-state index contributed by atoms with van der Waals surface area (Å²) >= 11 is 6.26. The lowest BCUT2D eigenvalue weighted by atomic mass is 9.72. The molecule has 17 nitrogen and oxygen atoms in total. The number of sulfonamides is 1. The fourth-order valence-electron chi connectivity index (χ4n) is 9.67. The van der Waals surface area contributed by atoms with Gasteiger partial charge in [0.2, 0.25) is 0 Å². The number of phosphoric ester groups is 1. The molecule has 398 valence electrons. The molecule has 2 fully saturated rings. The summed E-state index contributed by atoms with van der Waals surface area (Å²) < 4.78 is 73.4. The number of halogens is 1. The minimum absolute atomic E-state index is 0.0244. The zero-order chi connectivity index (χ0) is 53.2. The fraction of sp³-hybridized carbons (Fsp3) is 0.481. The van der Waals surface area contributed by atoms with Crippen molar-refractivity contribution in [1.82, 2.24) is 19.6 Å². The van der Waals surface area contributed by atoms with Crippen LogP contribution in [0.2, 0.25) is 5.02 Å². The maximum atomic E-state index is 14.1. The second kappa shape index (κ2) is 22.1. The maximum Gasteiger partial charge on any atom is 0.476 e. The molecule has 2 aliphatic carbocycles. The van der Waals surface area contributed by atoms with Crippen molar-refractivity contribution < 1.29 is 45.7 Å². The molecule has 0 spiro atoms. The minimum atomic E-state index is -4.66. The number of hydrogen-bond donors (Lipinski definition) is 2. The number of allylic oxidation sites excluding steroid dienone is 1. The van der Waals surface area contributed by atoms with Crippen molar-refractivity contribution in [3.63, 3.8) is 0 Å². The zero-order valence-corrected chi connectivity index (χ0v) is 45.9. The van der Waals surface area contributed by atoms with Crippen molar-refractivity contribution in [3.8, 4) is 17.2 Å². The highest BCUT2D eigenvalue weighted by molar-refractivity contribution is 7.90. The fourth-order valence-corrected chi connectivity index (χ4v) is 12.8. The summed E-state index contributed by atoms with van der Waals surface area (Å²) in [5, 5.41) is 13.8. The van der Waals surface area contributed by atoms with E-state index in [1.165, 1.54) is 35.0 Å². The summed E-state index contributed by atoms with van der Waals surface area (Å²) in [4.78, 5) is 37.4. The van der Waals surface area contributed by atoms with Crippen molar-refractivity contribution in [2.24, 2.45) is 11.3 Å². The molecule has 8 rings (SSSR count). The Kier molecular flexibility index (Phi) is 16.4. The number of ether oxygens (including phenoxy) is 2. The molecule has 74 heavy (non-hydrogen) atoms. The number of rotatable bonds is 17. The number of H-pyrrole nitrogens is 1. The van der Waals surface area contributed by atoms with Crippen LogP contribution in [0, 0.1) is 21.4 Å². The molecule has 1 saturated heterocycles. The van der Waals surface area contributed by atoms with Crippen LogP contribution in [0.25, 0.3) is 16.6 Å². The van der Waals surface area contributed by atoms with Gasteiger partial charge in [0.15, 0.2) is 5.75 Å². The number of fused-ring (bicyclic) bond motifs is 1. The second-order valence-corrected chi connectivity index (χ2v) is 25.9. The van der Waals surface area contributed by atoms with Crippen LogP contribution >= 0.6 is 19.4 Å². The average molecular weight is 1080 g/mol. The van der Waals surface area contributed by atoms with Crippen molar-refractivity contribution in [2.45, 2.75) is 123 Å². The molecule has 2 N–H and O–H groups in total. The monoisotopic (exact) mass is 1070 g/mol. The van der Waals surface area contributed by atoms with Crippen LogP contribution in [0.15, 0.2) is 95.7 Å². The zero-order valence-electron chi connectivity index (χ0n) is 43.4. The number of aromatic amines is 1. The van der Waals surface area contributed by atoms with Crippen LogP contribution in [0.1, 0.15) is 116 Å². The number of nitro benzene ring substituents is 1. The number of phosphoric acid groups is 1. The van der Waals surface area contributed by atoms with Crippen molar-refractivity contribution in [2.75, 3.05) is 44.2 Å². The molecule has 1 aliphatic heterocycles. The number of amides is 1. The first kappa shape index (κ1) is 54.9. The third kappa shape index (κ3) is 14.3. The van der Waals surface area contributed by atoms with Crippen LogP contribution < -0.4 is 19.1 Å². The second-order valence-electron chi connectivity index (χ2n) is 22.3. The standard InChI is InChI=1S/C54H68ClN6O11PS/c1-52(2,3)71-73(65,72-53(4,5)6)70-42-16-9-36(10-17-42)35-68-48-20-18-44(31-47(48)61(63)64)74(66,67)58-51(62)45-19-15-41(30-49(45)69-43-29-38-22-24-56-50(38)57-33-43)60-27-25-59(26-28-60)34-39-21-23-54(7,8)32-46(39)37-11-13-40(55)14-12-37/h11-15,18-20,22,24,29-31,33,36,42H,9-10,16-17,21,23,25-28,32,34-35H2,1-8H3,(H,56,57)(H,58,62)/t36-,42-. The number of anilines is 1. The third-order valence-corrected chi connectivity index (χ3v) is 17.0. The molecule has 3 aromatic carbocycles. The van der Waals surface area contributed by atoms with Gasteiger partial charge in [-0.05, 0) is 157 Å². The van der Waals surface area contributed by atoms with Gasteiger partial charge in [-0.15, -0.1) is 0 Å². The minimum Gasteiger partial charge on any atom is -0.487 e. The van der Waals surface area contributed by atoms with E-state index in [2.05, 4.69) is 50.5 Å². The summed E-state index contributed by atoms with van der Waals surface area (Å²) in [7, 11) is -8.59. The Hall–Kier alpha value is -5.33. The summed E-state index contributed by atoms with van der Waals surface area (Å²) in [6.45, 7) is 19.3. The topological polar surface area (TPSA) is 205 Å². The number of hydrogen-bond acceptors (Lipinski definition) is 14. The lowest BCUT2D eigenvalue weighted by molar-refractivity contribution is -0.386. The SMILES string of the molecule is CC1(C)CCC(CN2CCN(c3ccc(C(=O)NS(=O)(=O)c4ccc(OC[C@H]5CC[C@H](OP(=O)(OC(C)(C)C)OC(C)(C)C)CC5)c([N+](=O)[O-])c4)c(Oc4cnc5[nH]ccc5c4)c3)CC2)=C(c2ccc(Cl)cc2)C1. The molecule has 5 aromatic rings. The van der Waals surface area contributed by atoms with Crippen LogP contribution in [-0.4, -0.2) is 90.8 Å². The first-order valence-electron chi connectivity index (χ1n) is 25.2. The first-order valence-corrected chi connectivity index (χ1v) is 28.5. The van der Waals surface area contributed by atoms with E-state index in [4.69, 9.17) is 34.6 Å². The molecule has 0 unspecified atom stereocenters. The summed E-state index contributed by atoms with van der Waals surface area (Å²) in [5.41, 5.74) is 3.48. The Bertz CT molecular complexity index is 3020. The van der Waals surface area contributed by atoms with Crippen LogP contribution in [0.4, 0.5) is 11.4 Å². The average Bonchev–Trinajstić information content (AvgIpc) is 3.79. The Morgan fingerprint density at radius 1 is 0.919 bits per heavy atom. The molecule has 3 heterocycles. The highest BCUT2D eigenvalue weighted by Crippen LogP contribution is 2.57. The van der Waals surface area contributed by atoms with E-state index in [0.717, 1.165) is 67.1 Å². The third-order valence-electron chi connectivity index (χ3n) is 13.3. The predicted molar refractivity (Wildman–Crippen MR) is 287 cm³/mol. The van der Waals surface area contributed by atoms with E-state index in [9.17, 15) is 27.9 Å². The Balaban J connectivity index is 0.939. The predicted octanol–water partition coefficient (Wildman–Crippen LogP) is 12.5. The molecule has 1 saturated carbocycles. The number of carbonyl (C=O) groups is 1. The molecule has 0 radical (unpaired) electrons. The number of carbonyl (C=O) groups excluding carboxylic acids is 1. The molecule has 2 aromatic heterocycles. The van der Waals surface area contributed by atoms with Gasteiger partial charge in [-0.3, -0.25) is 33.4 Å². The van der Waals surface area contributed by atoms with Crippen LogP contribution in [-0.2, 0) is 28.2 Å². The van der Waals surface area contributed by atoms with E-state index in [-0.39, 0.29) is 35.0 Å². The van der Waals surface area contributed by atoms with E-state index in [1.807, 2.05) is 18.2 Å². The van der Waals surface area contributed by atoms with Crippen molar-refractivity contribution in [3.05, 3.63) is 117 Å². The largest absolute Gasteiger partial charge is 0.487 e. The Morgan fingerprint density at radius 3 is 2.27 bits per heavy atom. The molecular formula is C54H68ClN6O11PS. The lowest BCUT2D eigenvalue weighted by Crippen LogP contribution is -2.47. The van der Waals surface area contributed by atoms with E-state index < -0.39 is 56.6 Å². The van der Waals surface area contributed by atoms with Gasteiger partial charge in [-0.2, -0.15) is 0 Å². The number of nitro groups is 1. The number of nitrogens with one attached hydrogen (secondary N) is 2. The quantitative estimate of drug-likeness (QED) is 0.0505. The van der Waals surface area contributed by atoms with E-state index in [1.54, 1.807) is 65.9 Å². The van der Waals surface area contributed by atoms with Gasteiger partial charge in [0.05, 0.1) is 45.5 Å². The maximum absolute atomic E-state index is 14.1. The van der Waals surface area contributed by atoms with Crippen LogP contribution in [0.3, 0.4) is 0 Å².